The Labute approximate surface area is 147 Å². The first-order valence-electron chi connectivity index (χ1n) is 8.15. The fourth-order valence-electron chi connectivity index (χ4n) is 2.49. The van der Waals surface area contributed by atoms with E-state index in [4.69, 9.17) is 0 Å². The van der Waals surface area contributed by atoms with Crippen molar-refractivity contribution in [3.63, 3.8) is 0 Å². The van der Waals surface area contributed by atoms with Gasteiger partial charge >= 0.3 is 0 Å². The fraction of sp³-hybridized carbons (Fsp3) is 0.368. The van der Waals surface area contributed by atoms with E-state index in [1.165, 1.54) is 0 Å². The Morgan fingerprint density at radius 3 is 2.50 bits per heavy atom. The second-order valence-corrected chi connectivity index (χ2v) is 7.10. The van der Waals surface area contributed by atoms with Crippen LogP contribution < -0.4 is 10.6 Å². The number of hydrogen-bond acceptors (Lipinski definition) is 3. The van der Waals surface area contributed by atoms with Crippen LogP contribution in [0.2, 0.25) is 0 Å². The molecule has 0 bridgehead atoms. The molecule has 1 unspecified atom stereocenters. The predicted octanol–water partition coefficient (Wildman–Crippen LogP) is 3.69. The standard InChI is InChI=1S/C19H24N2O2S/c1-13(2)18(16-9-6-12-24-16)21-17(22)10-11-20-19(23)15-8-5-4-7-14(15)3/h4-9,12-13,18H,10-11H2,1-3H3,(H,20,23)(H,21,22). The van der Waals surface area contributed by atoms with Crippen molar-refractivity contribution >= 4 is 23.2 Å². The molecular weight excluding hydrogens is 320 g/mol. The van der Waals surface area contributed by atoms with Crippen molar-refractivity contribution in [3.05, 3.63) is 57.8 Å². The quantitative estimate of drug-likeness (QED) is 0.805. The van der Waals surface area contributed by atoms with E-state index >= 15 is 0 Å². The van der Waals surface area contributed by atoms with Crippen LogP contribution in [0.5, 0.6) is 0 Å². The van der Waals surface area contributed by atoms with Crippen LogP contribution in [0.4, 0.5) is 0 Å². The second kappa shape index (κ2) is 8.64. The Balaban J connectivity index is 1.83. The normalized spacial score (nSPS) is 12.0. The summed E-state index contributed by atoms with van der Waals surface area (Å²) in [5.74, 6) is 0.126. The van der Waals surface area contributed by atoms with Crippen molar-refractivity contribution in [2.75, 3.05) is 6.54 Å². The second-order valence-electron chi connectivity index (χ2n) is 6.13. The average molecular weight is 344 g/mol. The van der Waals surface area contributed by atoms with Gasteiger partial charge in [0.2, 0.25) is 5.91 Å². The zero-order chi connectivity index (χ0) is 17.5. The number of thiophene rings is 1. The molecule has 0 fully saturated rings. The number of nitrogens with one attached hydrogen (secondary N) is 2. The highest BCUT2D eigenvalue weighted by Crippen LogP contribution is 2.25. The topological polar surface area (TPSA) is 58.2 Å². The highest BCUT2D eigenvalue weighted by Gasteiger charge is 2.19. The van der Waals surface area contributed by atoms with Crippen molar-refractivity contribution in [3.8, 4) is 0 Å². The third kappa shape index (κ3) is 4.93. The van der Waals surface area contributed by atoms with E-state index in [1.807, 2.05) is 42.6 Å². The molecule has 2 amide bonds. The van der Waals surface area contributed by atoms with Gasteiger partial charge in [-0.25, -0.2) is 0 Å². The lowest BCUT2D eigenvalue weighted by atomic mass is 10.0. The van der Waals surface area contributed by atoms with Gasteiger partial charge < -0.3 is 10.6 Å². The van der Waals surface area contributed by atoms with E-state index < -0.39 is 0 Å². The summed E-state index contributed by atoms with van der Waals surface area (Å²) in [6, 6.07) is 11.5. The minimum atomic E-state index is -0.139. The Hall–Kier alpha value is -2.14. The molecule has 1 aromatic carbocycles. The lowest BCUT2D eigenvalue weighted by Crippen LogP contribution is -2.34. The average Bonchev–Trinajstić information content (AvgIpc) is 3.06. The van der Waals surface area contributed by atoms with Crippen LogP contribution >= 0.6 is 11.3 Å². The van der Waals surface area contributed by atoms with Crippen molar-refractivity contribution in [2.24, 2.45) is 5.92 Å². The largest absolute Gasteiger partial charge is 0.352 e. The van der Waals surface area contributed by atoms with Crippen molar-refractivity contribution in [2.45, 2.75) is 33.2 Å². The molecule has 1 atom stereocenters. The molecule has 0 aliphatic rings. The molecule has 0 aliphatic heterocycles. The number of aryl methyl sites for hydroxylation is 1. The fourth-order valence-corrected chi connectivity index (χ4v) is 3.44. The van der Waals surface area contributed by atoms with E-state index in [0.717, 1.165) is 10.4 Å². The van der Waals surface area contributed by atoms with Gasteiger partial charge in [0.05, 0.1) is 6.04 Å². The summed E-state index contributed by atoms with van der Waals surface area (Å²) in [5, 5.41) is 7.89. The van der Waals surface area contributed by atoms with E-state index in [9.17, 15) is 9.59 Å². The predicted molar refractivity (Wildman–Crippen MR) is 98.2 cm³/mol. The monoisotopic (exact) mass is 344 g/mol. The molecule has 0 radical (unpaired) electrons. The maximum absolute atomic E-state index is 12.2. The molecule has 0 saturated heterocycles. The summed E-state index contributed by atoms with van der Waals surface area (Å²) in [7, 11) is 0. The van der Waals surface area contributed by atoms with Gasteiger partial charge in [0, 0.05) is 23.4 Å². The Morgan fingerprint density at radius 2 is 1.88 bits per heavy atom. The highest BCUT2D eigenvalue weighted by atomic mass is 32.1. The van der Waals surface area contributed by atoms with Crippen LogP contribution in [0.25, 0.3) is 0 Å². The Bertz CT molecular complexity index is 680. The van der Waals surface area contributed by atoms with E-state index in [2.05, 4.69) is 24.5 Å². The number of carbonyl (C=O) groups excluding carboxylic acids is 2. The van der Waals surface area contributed by atoms with Gasteiger partial charge in [-0.2, -0.15) is 0 Å². The summed E-state index contributed by atoms with van der Waals surface area (Å²) in [4.78, 5) is 25.5. The van der Waals surface area contributed by atoms with Crippen molar-refractivity contribution in [1.82, 2.24) is 10.6 Å². The van der Waals surface area contributed by atoms with Gasteiger partial charge in [0.15, 0.2) is 0 Å². The van der Waals surface area contributed by atoms with Gasteiger partial charge in [-0.1, -0.05) is 38.1 Å². The van der Waals surface area contributed by atoms with Gasteiger partial charge in [-0.05, 0) is 35.9 Å². The molecular formula is C19H24N2O2S. The smallest absolute Gasteiger partial charge is 0.251 e. The maximum atomic E-state index is 12.2. The van der Waals surface area contributed by atoms with Gasteiger partial charge in [-0.3, -0.25) is 9.59 Å². The zero-order valence-electron chi connectivity index (χ0n) is 14.3. The number of carbonyl (C=O) groups is 2. The summed E-state index contributed by atoms with van der Waals surface area (Å²) >= 11 is 1.64. The van der Waals surface area contributed by atoms with E-state index in [0.29, 0.717) is 18.0 Å². The van der Waals surface area contributed by atoms with Crippen LogP contribution in [0.1, 0.15) is 47.1 Å². The van der Waals surface area contributed by atoms with Gasteiger partial charge in [-0.15, -0.1) is 11.3 Å². The third-order valence-corrected chi connectivity index (χ3v) is 4.82. The Morgan fingerprint density at radius 1 is 1.12 bits per heavy atom. The molecule has 1 aromatic heterocycles. The molecule has 24 heavy (non-hydrogen) atoms. The number of amides is 2. The van der Waals surface area contributed by atoms with Crippen LogP contribution in [0, 0.1) is 12.8 Å². The minimum Gasteiger partial charge on any atom is -0.352 e. The molecule has 1 heterocycles. The third-order valence-electron chi connectivity index (χ3n) is 3.86. The summed E-state index contributed by atoms with van der Waals surface area (Å²) in [6.07, 6.45) is 0.270. The lowest BCUT2D eigenvalue weighted by Gasteiger charge is -2.21. The van der Waals surface area contributed by atoms with E-state index in [-0.39, 0.29) is 24.3 Å². The maximum Gasteiger partial charge on any atom is 0.251 e. The van der Waals surface area contributed by atoms with Crippen LogP contribution in [-0.2, 0) is 4.79 Å². The first kappa shape index (κ1) is 18.2. The van der Waals surface area contributed by atoms with Crippen LogP contribution in [0.3, 0.4) is 0 Å². The molecule has 128 valence electrons. The molecule has 0 spiro atoms. The summed E-state index contributed by atoms with van der Waals surface area (Å²) in [5.41, 5.74) is 1.58. The number of hydrogen-bond donors (Lipinski definition) is 2. The number of benzene rings is 1. The van der Waals surface area contributed by atoms with Crippen LogP contribution in [0.15, 0.2) is 41.8 Å². The van der Waals surface area contributed by atoms with Gasteiger partial charge in [0.25, 0.3) is 5.91 Å². The molecule has 0 aliphatic carbocycles. The van der Waals surface area contributed by atoms with Crippen LogP contribution in [-0.4, -0.2) is 18.4 Å². The first-order chi connectivity index (χ1) is 11.5. The molecule has 2 aromatic rings. The summed E-state index contributed by atoms with van der Waals surface area (Å²) in [6.45, 7) is 6.40. The van der Waals surface area contributed by atoms with Crippen molar-refractivity contribution < 1.29 is 9.59 Å². The lowest BCUT2D eigenvalue weighted by molar-refractivity contribution is -0.122. The molecule has 2 rings (SSSR count). The highest BCUT2D eigenvalue weighted by molar-refractivity contribution is 7.10. The molecule has 4 nitrogen and oxygen atoms in total. The Kier molecular flexibility index (Phi) is 6.55. The molecule has 5 heteroatoms. The molecule has 0 saturated carbocycles. The number of rotatable bonds is 7. The molecule has 2 N–H and O–H groups in total. The first-order valence-corrected chi connectivity index (χ1v) is 9.03. The van der Waals surface area contributed by atoms with Gasteiger partial charge in [0.1, 0.15) is 0 Å². The zero-order valence-corrected chi connectivity index (χ0v) is 15.2. The SMILES string of the molecule is Cc1ccccc1C(=O)NCCC(=O)NC(c1cccs1)C(C)C. The van der Waals surface area contributed by atoms with E-state index in [1.54, 1.807) is 17.4 Å². The van der Waals surface area contributed by atoms with Crippen molar-refractivity contribution in [1.29, 1.82) is 0 Å². The summed E-state index contributed by atoms with van der Waals surface area (Å²) < 4.78 is 0. The minimum absolute atomic E-state index is 0.0181.